The van der Waals surface area contributed by atoms with Crippen molar-refractivity contribution in [3.63, 3.8) is 0 Å². The minimum Gasteiger partial charge on any atom is -0.459 e. The normalized spacial score (nSPS) is 16.2. The van der Waals surface area contributed by atoms with Crippen LogP contribution in [0.15, 0.2) is 30.3 Å². The van der Waals surface area contributed by atoms with Crippen molar-refractivity contribution in [1.29, 1.82) is 0 Å². The molecule has 0 aromatic heterocycles. The van der Waals surface area contributed by atoms with E-state index < -0.39 is 6.04 Å². The van der Waals surface area contributed by atoms with E-state index in [0.717, 1.165) is 44.3 Å². The predicted molar refractivity (Wildman–Crippen MR) is 98.1 cm³/mol. The maximum Gasteiger partial charge on any atom is 0.329 e. The van der Waals surface area contributed by atoms with Gasteiger partial charge in [-0.25, -0.2) is 9.59 Å². The molecule has 5 heteroatoms. The highest BCUT2D eigenvalue weighted by atomic mass is 16.5. The third-order valence-electron chi connectivity index (χ3n) is 4.41. The van der Waals surface area contributed by atoms with Gasteiger partial charge in [0.2, 0.25) is 0 Å². The van der Waals surface area contributed by atoms with Crippen LogP contribution in [-0.2, 0) is 16.1 Å². The molecule has 0 saturated carbocycles. The Morgan fingerprint density at radius 2 is 1.72 bits per heavy atom. The molecule has 2 amide bonds. The van der Waals surface area contributed by atoms with Crippen molar-refractivity contribution < 1.29 is 14.3 Å². The van der Waals surface area contributed by atoms with E-state index in [-0.39, 0.29) is 18.6 Å². The van der Waals surface area contributed by atoms with Crippen LogP contribution in [0.4, 0.5) is 4.79 Å². The summed E-state index contributed by atoms with van der Waals surface area (Å²) in [7, 11) is 0. The van der Waals surface area contributed by atoms with Gasteiger partial charge >= 0.3 is 12.0 Å². The Morgan fingerprint density at radius 1 is 1.08 bits per heavy atom. The zero-order valence-electron chi connectivity index (χ0n) is 15.4. The fourth-order valence-corrected chi connectivity index (χ4v) is 3.03. The van der Waals surface area contributed by atoms with E-state index in [1.807, 2.05) is 49.1 Å². The van der Waals surface area contributed by atoms with E-state index in [1.165, 1.54) is 0 Å². The van der Waals surface area contributed by atoms with Crippen LogP contribution >= 0.6 is 0 Å². The van der Waals surface area contributed by atoms with E-state index in [1.54, 1.807) is 0 Å². The van der Waals surface area contributed by atoms with Crippen LogP contribution < -0.4 is 5.32 Å². The maximum absolute atomic E-state index is 12.5. The quantitative estimate of drug-likeness (QED) is 0.799. The summed E-state index contributed by atoms with van der Waals surface area (Å²) in [5.74, 6) is -0.0700. The monoisotopic (exact) mass is 346 g/mol. The third-order valence-corrected chi connectivity index (χ3v) is 4.41. The van der Waals surface area contributed by atoms with Gasteiger partial charge in [-0.1, -0.05) is 57.0 Å². The van der Waals surface area contributed by atoms with Gasteiger partial charge in [-0.15, -0.1) is 0 Å². The second kappa shape index (κ2) is 10.1. The second-order valence-corrected chi connectivity index (χ2v) is 7.13. The molecule has 1 fully saturated rings. The lowest BCUT2D eigenvalue weighted by Gasteiger charge is -2.25. The summed E-state index contributed by atoms with van der Waals surface area (Å²) in [6.45, 7) is 5.83. The number of nitrogens with zero attached hydrogens (tertiary/aromatic N) is 1. The first-order valence-corrected chi connectivity index (χ1v) is 9.32. The van der Waals surface area contributed by atoms with Crippen molar-refractivity contribution in [2.75, 3.05) is 13.1 Å². The average molecular weight is 346 g/mol. The molecule has 1 saturated heterocycles. The summed E-state index contributed by atoms with van der Waals surface area (Å²) in [5.41, 5.74) is 0.943. The summed E-state index contributed by atoms with van der Waals surface area (Å²) >= 11 is 0. The molecule has 1 heterocycles. The van der Waals surface area contributed by atoms with E-state index in [0.29, 0.717) is 12.3 Å². The van der Waals surface area contributed by atoms with E-state index in [4.69, 9.17) is 4.74 Å². The highest BCUT2D eigenvalue weighted by molar-refractivity contribution is 5.83. The Bertz CT molecular complexity index is 537. The van der Waals surface area contributed by atoms with E-state index >= 15 is 0 Å². The first kappa shape index (κ1) is 19.3. The predicted octanol–water partition coefficient (Wildman–Crippen LogP) is 3.73. The Balaban J connectivity index is 1.92. The van der Waals surface area contributed by atoms with Crippen LogP contribution in [0.25, 0.3) is 0 Å². The molecule has 1 atom stereocenters. The molecule has 0 unspecified atom stereocenters. The first-order chi connectivity index (χ1) is 12.1. The fourth-order valence-electron chi connectivity index (χ4n) is 3.03. The number of hydrogen-bond acceptors (Lipinski definition) is 3. The lowest BCUT2D eigenvalue weighted by atomic mass is 10.0. The van der Waals surface area contributed by atoms with Crippen molar-refractivity contribution in [2.45, 2.75) is 58.6 Å². The number of nitrogens with one attached hydrogen (secondary N) is 1. The molecule has 25 heavy (non-hydrogen) atoms. The zero-order chi connectivity index (χ0) is 18.1. The standard InChI is InChI=1S/C20H30N2O3/c1-16(2)14-18(19(23)25-15-17-10-6-5-7-11-17)21-20(24)22-12-8-3-4-9-13-22/h5-7,10-11,16,18H,3-4,8-9,12-15H2,1-2H3,(H,21,24)/t18-/m1/s1. The summed E-state index contributed by atoms with van der Waals surface area (Å²) in [6.07, 6.45) is 4.96. The minimum absolute atomic E-state index is 0.149. The summed E-state index contributed by atoms with van der Waals surface area (Å²) in [4.78, 5) is 26.8. The van der Waals surface area contributed by atoms with Crippen molar-refractivity contribution >= 4 is 12.0 Å². The number of carbonyl (C=O) groups is 2. The number of likely N-dealkylation sites (tertiary alicyclic amines) is 1. The van der Waals surface area contributed by atoms with Gasteiger partial charge in [0.05, 0.1) is 0 Å². The van der Waals surface area contributed by atoms with Crippen LogP contribution in [0.2, 0.25) is 0 Å². The summed E-state index contributed by atoms with van der Waals surface area (Å²) < 4.78 is 5.43. The minimum atomic E-state index is -0.598. The van der Waals surface area contributed by atoms with Gasteiger partial charge in [0.25, 0.3) is 0 Å². The molecule has 0 bridgehead atoms. The van der Waals surface area contributed by atoms with Gasteiger partial charge in [-0.05, 0) is 30.7 Å². The molecule has 1 N–H and O–H groups in total. The number of urea groups is 1. The van der Waals surface area contributed by atoms with Crippen LogP contribution in [-0.4, -0.2) is 36.0 Å². The van der Waals surface area contributed by atoms with Crippen LogP contribution in [0.3, 0.4) is 0 Å². The van der Waals surface area contributed by atoms with Crippen molar-refractivity contribution in [1.82, 2.24) is 10.2 Å². The van der Waals surface area contributed by atoms with E-state index in [9.17, 15) is 9.59 Å². The van der Waals surface area contributed by atoms with E-state index in [2.05, 4.69) is 5.32 Å². The first-order valence-electron chi connectivity index (χ1n) is 9.32. The lowest BCUT2D eigenvalue weighted by Crippen LogP contribution is -2.49. The molecule has 1 aromatic carbocycles. The molecule has 138 valence electrons. The molecule has 0 aliphatic carbocycles. The summed E-state index contributed by atoms with van der Waals surface area (Å²) in [5, 5.41) is 2.89. The SMILES string of the molecule is CC(C)C[C@@H](NC(=O)N1CCCCCC1)C(=O)OCc1ccccc1. The molecule has 2 rings (SSSR count). The molecular weight excluding hydrogens is 316 g/mol. The Morgan fingerprint density at radius 3 is 2.32 bits per heavy atom. The van der Waals surface area contributed by atoms with Crippen LogP contribution in [0, 0.1) is 5.92 Å². The van der Waals surface area contributed by atoms with Crippen molar-refractivity contribution in [2.24, 2.45) is 5.92 Å². The van der Waals surface area contributed by atoms with Gasteiger partial charge < -0.3 is 15.0 Å². The van der Waals surface area contributed by atoms with Crippen LogP contribution in [0.1, 0.15) is 51.5 Å². The third kappa shape index (κ3) is 6.77. The lowest BCUT2D eigenvalue weighted by molar-refractivity contribution is -0.147. The Labute approximate surface area is 150 Å². The number of rotatable bonds is 6. The second-order valence-electron chi connectivity index (χ2n) is 7.13. The molecule has 0 spiro atoms. The molecule has 5 nitrogen and oxygen atoms in total. The molecule has 1 aliphatic heterocycles. The molecule has 0 radical (unpaired) electrons. The van der Waals surface area contributed by atoms with Gasteiger partial charge in [-0.2, -0.15) is 0 Å². The van der Waals surface area contributed by atoms with Crippen molar-refractivity contribution in [3.05, 3.63) is 35.9 Å². The number of esters is 1. The smallest absolute Gasteiger partial charge is 0.329 e. The molecule has 1 aromatic rings. The van der Waals surface area contributed by atoms with Crippen LogP contribution in [0.5, 0.6) is 0 Å². The highest BCUT2D eigenvalue weighted by Gasteiger charge is 2.26. The number of hydrogen-bond donors (Lipinski definition) is 1. The van der Waals surface area contributed by atoms with Gasteiger partial charge in [-0.3, -0.25) is 0 Å². The zero-order valence-corrected chi connectivity index (χ0v) is 15.4. The number of carbonyl (C=O) groups excluding carboxylic acids is 2. The van der Waals surface area contributed by atoms with Crippen molar-refractivity contribution in [3.8, 4) is 0 Å². The topological polar surface area (TPSA) is 58.6 Å². The van der Waals surface area contributed by atoms with Gasteiger partial charge in [0.15, 0.2) is 0 Å². The highest BCUT2D eigenvalue weighted by Crippen LogP contribution is 2.12. The Kier molecular flexibility index (Phi) is 7.76. The molecular formula is C20H30N2O3. The maximum atomic E-state index is 12.5. The largest absolute Gasteiger partial charge is 0.459 e. The fraction of sp³-hybridized carbons (Fsp3) is 0.600. The molecule has 1 aliphatic rings. The number of ether oxygens (including phenoxy) is 1. The number of amides is 2. The Hall–Kier alpha value is -2.04. The van der Waals surface area contributed by atoms with Gasteiger partial charge in [0, 0.05) is 13.1 Å². The summed E-state index contributed by atoms with van der Waals surface area (Å²) in [6, 6.07) is 8.84. The number of benzene rings is 1. The average Bonchev–Trinajstić information content (AvgIpc) is 2.89. The van der Waals surface area contributed by atoms with Gasteiger partial charge in [0.1, 0.15) is 12.6 Å².